The van der Waals surface area contributed by atoms with E-state index in [0.29, 0.717) is 0 Å². The van der Waals surface area contributed by atoms with Gasteiger partial charge in [0, 0.05) is 32.0 Å². The van der Waals surface area contributed by atoms with Gasteiger partial charge in [0.15, 0.2) is 0 Å². The molecule has 1 atom stereocenters. The highest BCUT2D eigenvalue weighted by atomic mass is 16.2. The van der Waals surface area contributed by atoms with Gasteiger partial charge < -0.3 is 10.2 Å². The summed E-state index contributed by atoms with van der Waals surface area (Å²) in [6.07, 6.45) is 1.04. The maximum absolute atomic E-state index is 12.5. The lowest BCUT2D eigenvalue weighted by Gasteiger charge is -2.24. The van der Waals surface area contributed by atoms with E-state index in [0.717, 1.165) is 24.3 Å². The van der Waals surface area contributed by atoms with E-state index in [2.05, 4.69) is 41.4 Å². The number of nitrogens with zero attached hydrogens (tertiary/aromatic N) is 2. The smallest absolute Gasteiger partial charge is 0.241 e. The standard InChI is InChI=1S/C21H29N3O/c1-6-17-7-9-18(10-8-17)15-24(5)16(2)21(25)22-19-11-13-20(14-12-19)23(3)4/h7-14,16H,6,15H2,1-5H3,(H,22,25)/t16-/m0/s1. The number of aryl methyl sites for hydroxylation is 1. The molecule has 0 saturated heterocycles. The molecule has 0 radical (unpaired) electrons. The van der Waals surface area contributed by atoms with Crippen LogP contribution in [-0.2, 0) is 17.8 Å². The Morgan fingerprint density at radius 2 is 1.52 bits per heavy atom. The number of carbonyl (C=O) groups excluding carboxylic acids is 1. The van der Waals surface area contributed by atoms with Crippen LogP contribution in [0.5, 0.6) is 0 Å². The molecule has 2 rings (SSSR count). The zero-order chi connectivity index (χ0) is 18.4. The van der Waals surface area contributed by atoms with Gasteiger partial charge in [-0.1, -0.05) is 31.2 Å². The molecule has 0 heterocycles. The molecule has 2 aromatic rings. The Kier molecular flexibility index (Phi) is 6.59. The van der Waals surface area contributed by atoms with Crippen LogP contribution in [0, 0.1) is 0 Å². The normalized spacial score (nSPS) is 12.1. The summed E-state index contributed by atoms with van der Waals surface area (Å²) >= 11 is 0. The molecule has 4 nitrogen and oxygen atoms in total. The second kappa shape index (κ2) is 8.67. The maximum atomic E-state index is 12.5. The largest absolute Gasteiger partial charge is 0.378 e. The van der Waals surface area contributed by atoms with Crippen LogP contribution in [0.4, 0.5) is 11.4 Å². The first kappa shape index (κ1) is 19.0. The SMILES string of the molecule is CCc1ccc(CN(C)[C@@H](C)C(=O)Nc2ccc(N(C)C)cc2)cc1. The average Bonchev–Trinajstić information content (AvgIpc) is 2.62. The fraction of sp³-hybridized carbons (Fsp3) is 0.381. The molecule has 134 valence electrons. The predicted octanol–water partition coefficient (Wildman–Crippen LogP) is 3.77. The molecule has 4 heteroatoms. The van der Waals surface area contributed by atoms with Crippen LogP contribution < -0.4 is 10.2 Å². The van der Waals surface area contributed by atoms with Gasteiger partial charge in [-0.05, 0) is 55.8 Å². The zero-order valence-electron chi connectivity index (χ0n) is 15.9. The minimum absolute atomic E-state index is 0.00489. The highest BCUT2D eigenvalue weighted by molar-refractivity contribution is 5.94. The summed E-state index contributed by atoms with van der Waals surface area (Å²) in [7, 11) is 5.97. The summed E-state index contributed by atoms with van der Waals surface area (Å²) in [5.41, 5.74) is 4.48. The molecule has 0 spiro atoms. The van der Waals surface area contributed by atoms with Crippen molar-refractivity contribution in [1.82, 2.24) is 4.90 Å². The Balaban J connectivity index is 1.93. The third-order valence-corrected chi connectivity index (χ3v) is 4.56. The second-order valence-corrected chi connectivity index (χ2v) is 6.69. The molecule has 0 bridgehead atoms. The number of nitrogens with one attached hydrogen (secondary N) is 1. The molecule has 1 N–H and O–H groups in total. The summed E-state index contributed by atoms with van der Waals surface area (Å²) in [4.78, 5) is 16.6. The Morgan fingerprint density at radius 1 is 0.960 bits per heavy atom. The van der Waals surface area contributed by atoms with Gasteiger partial charge in [0.2, 0.25) is 5.91 Å². The van der Waals surface area contributed by atoms with Crippen molar-refractivity contribution >= 4 is 17.3 Å². The van der Waals surface area contributed by atoms with E-state index in [1.54, 1.807) is 0 Å². The Hall–Kier alpha value is -2.33. The maximum Gasteiger partial charge on any atom is 0.241 e. The number of rotatable bonds is 7. The third-order valence-electron chi connectivity index (χ3n) is 4.56. The monoisotopic (exact) mass is 339 g/mol. The van der Waals surface area contributed by atoms with Gasteiger partial charge in [-0.15, -0.1) is 0 Å². The summed E-state index contributed by atoms with van der Waals surface area (Å²) in [6, 6.07) is 16.2. The summed E-state index contributed by atoms with van der Waals surface area (Å²) in [5.74, 6) is 0.00489. The first-order valence-corrected chi connectivity index (χ1v) is 8.77. The Morgan fingerprint density at radius 3 is 2.04 bits per heavy atom. The lowest BCUT2D eigenvalue weighted by molar-refractivity contribution is -0.120. The first-order chi connectivity index (χ1) is 11.9. The van der Waals surface area contributed by atoms with E-state index in [4.69, 9.17) is 0 Å². The lowest BCUT2D eigenvalue weighted by Crippen LogP contribution is -2.39. The van der Waals surface area contributed by atoms with Gasteiger partial charge in [-0.25, -0.2) is 0 Å². The topological polar surface area (TPSA) is 35.6 Å². The molecule has 0 aromatic heterocycles. The minimum atomic E-state index is -0.209. The van der Waals surface area contributed by atoms with Gasteiger partial charge in [0.05, 0.1) is 6.04 Å². The van der Waals surface area contributed by atoms with Crippen molar-refractivity contribution in [2.45, 2.75) is 32.9 Å². The van der Waals surface area contributed by atoms with E-state index < -0.39 is 0 Å². The molecule has 0 unspecified atom stereocenters. The van der Waals surface area contributed by atoms with Crippen molar-refractivity contribution in [3.8, 4) is 0 Å². The van der Waals surface area contributed by atoms with Crippen LogP contribution in [0.1, 0.15) is 25.0 Å². The predicted molar refractivity (Wildman–Crippen MR) is 106 cm³/mol. The molecule has 0 fully saturated rings. The first-order valence-electron chi connectivity index (χ1n) is 8.77. The number of hydrogen-bond acceptors (Lipinski definition) is 3. The number of amides is 1. The van der Waals surface area contributed by atoms with Gasteiger partial charge >= 0.3 is 0 Å². The molecule has 0 aliphatic rings. The zero-order valence-corrected chi connectivity index (χ0v) is 15.9. The lowest BCUT2D eigenvalue weighted by atomic mass is 10.1. The number of hydrogen-bond donors (Lipinski definition) is 1. The van der Waals surface area contributed by atoms with Gasteiger partial charge in [0.25, 0.3) is 0 Å². The molecule has 0 saturated carbocycles. The highest BCUT2D eigenvalue weighted by Gasteiger charge is 2.18. The van der Waals surface area contributed by atoms with Crippen LogP contribution in [0.3, 0.4) is 0 Å². The van der Waals surface area contributed by atoms with Crippen LogP contribution in [-0.4, -0.2) is 38.0 Å². The fourth-order valence-corrected chi connectivity index (χ4v) is 2.60. The highest BCUT2D eigenvalue weighted by Crippen LogP contribution is 2.16. The van der Waals surface area contributed by atoms with Crippen molar-refractivity contribution < 1.29 is 4.79 Å². The molecule has 2 aromatic carbocycles. The van der Waals surface area contributed by atoms with Crippen molar-refractivity contribution in [3.05, 3.63) is 59.7 Å². The van der Waals surface area contributed by atoms with Crippen molar-refractivity contribution in [3.63, 3.8) is 0 Å². The Labute approximate surface area is 151 Å². The quantitative estimate of drug-likeness (QED) is 0.834. The second-order valence-electron chi connectivity index (χ2n) is 6.69. The van der Waals surface area contributed by atoms with Crippen molar-refractivity contribution in [2.75, 3.05) is 31.4 Å². The van der Waals surface area contributed by atoms with Crippen LogP contribution in [0.15, 0.2) is 48.5 Å². The van der Waals surface area contributed by atoms with E-state index >= 15 is 0 Å². The van der Waals surface area contributed by atoms with Gasteiger partial charge in [-0.2, -0.15) is 0 Å². The van der Waals surface area contributed by atoms with Crippen LogP contribution in [0.2, 0.25) is 0 Å². The summed E-state index contributed by atoms with van der Waals surface area (Å²) < 4.78 is 0. The number of carbonyl (C=O) groups is 1. The minimum Gasteiger partial charge on any atom is -0.378 e. The Bertz CT molecular complexity index is 677. The van der Waals surface area contributed by atoms with E-state index in [-0.39, 0.29) is 11.9 Å². The van der Waals surface area contributed by atoms with E-state index in [9.17, 15) is 4.79 Å². The van der Waals surface area contributed by atoms with E-state index in [1.807, 2.05) is 57.2 Å². The number of benzene rings is 2. The van der Waals surface area contributed by atoms with Crippen molar-refractivity contribution in [2.24, 2.45) is 0 Å². The molecule has 0 aliphatic carbocycles. The average molecular weight is 339 g/mol. The van der Waals surface area contributed by atoms with Crippen LogP contribution in [0.25, 0.3) is 0 Å². The molecular weight excluding hydrogens is 310 g/mol. The van der Waals surface area contributed by atoms with E-state index in [1.165, 1.54) is 11.1 Å². The molecule has 1 amide bonds. The molecule has 0 aliphatic heterocycles. The summed E-state index contributed by atoms with van der Waals surface area (Å²) in [5, 5.41) is 2.99. The van der Waals surface area contributed by atoms with Crippen molar-refractivity contribution in [1.29, 1.82) is 0 Å². The summed E-state index contributed by atoms with van der Waals surface area (Å²) in [6.45, 7) is 4.83. The third kappa shape index (κ3) is 5.33. The number of anilines is 2. The van der Waals surface area contributed by atoms with Gasteiger partial charge in [0.1, 0.15) is 0 Å². The fourth-order valence-electron chi connectivity index (χ4n) is 2.60. The van der Waals surface area contributed by atoms with Crippen LogP contribution >= 0.6 is 0 Å². The molecular formula is C21H29N3O. The number of likely N-dealkylation sites (N-methyl/N-ethyl adjacent to an activating group) is 1. The molecule has 25 heavy (non-hydrogen) atoms. The van der Waals surface area contributed by atoms with Gasteiger partial charge in [-0.3, -0.25) is 9.69 Å².